The molecule has 1 heterocycles. The maximum atomic E-state index is 11.9. The molecule has 6 heteroatoms. The standard InChI is InChI=1S/C16H15NO3S.K/c1-11-4-6-12(7-5-11)9-13(18)10-21-15-14(16(19)20)3-2-8-17-15;/h2-8H,9-10H2,1H3,(H,19,20);/q;+1/p-1. The summed E-state index contributed by atoms with van der Waals surface area (Å²) in [6.45, 7) is 1.99. The number of carboxylic acids is 1. The van der Waals surface area contributed by atoms with E-state index in [1.807, 2.05) is 31.2 Å². The Kier molecular flexibility index (Phi) is 8.52. The first kappa shape index (κ1) is 19.5. The number of thioether (sulfide) groups is 1. The van der Waals surface area contributed by atoms with Crippen molar-refractivity contribution in [3.8, 4) is 0 Å². The van der Waals surface area contributed by atoms with Gasteiger partial charge >= 0.3 is 51.4 Å². The number of benzene rings is 1. The fourth-order valence-corrected chi connectivity index (χ4v) is 2.64. The Labute approximate surface area is 176 Å². The molecule has 0 aliphatic carbocycles. The number of hydrogen-bond acceptors (Lipinski definition) is 5. The summed E-state index contributed by atoms with van der Waals surface area (Å²) >= 11 is 1.12. The van der Waals surface area contributed by atoms with Crippen LogP contribution in [0.25, 0.3) is 0 Å². The van der Waals surface area contributed by atoms with Gasteiger partial charge in [-0.05, 0) is 24.6 Å². The molecule has 0 saturated carbocycles. The summed E-state index contributed by atoms with van der Waals surface area (Å²) in [6.07, 6.45) is 1.83. The number of ketones is 1. The number of carboxylic acid groups (broad SMARTS) is 1. The maximum absolute atomic E-state index is 11.9. The minimum Gasteiger partial charge on any atom is -0.545 e. The van der Waals surface area contributed by atoms with E-state index in [1.165, 1.54) is 18.3 Å². The first-order chi connectivity index (χ1) is 10.1. The Morgan fingerprint density at radius 1 is 1.18 bits per heavy atom. The smallest absolute Gasteiger partial charge is 0.545 e. The Hall–Kier alpha value is -0.504. The van der Waals surface area contributed by atoms with Crippen LogP contribution in [0.1, 0.15) is 21.5 Å². The van der Waals surface area contributed by atoms with Gasteiger partial charge in [-0.3, -0.25) is 4.79 Å². The van der Waals surface area contributed by atoms with Crippen molar-refractivity contribution in [2.45, 2.75) is 18.4 Å². The molecule has 108 valence electrons. The Morgan fingerprint density at radius 3 is 2.50 bits per heavy atom. The van der Waals surface area contributed by atoms with Gasteiger partial charge in [0.1, 0.15) is 10.8 Å². The molecule has 0 N–H and O–H groups in total. The number of rotatable bonds is 6. The molecule has 0 fully saturated rings. The largest absolute Gasteiger partial charge is 1.00 e. The van der Waals surface area contributed by atoms with Gasteiger partial charge in [-0.15, -0.1) is 0 Å². The van der Waals surface area contributed by atoms with Crippen LogP contribution in [0.4, 0.5) is 0 Å². The summed E-state index contributed by atoms with van der Waals surface area (Å²) in [5.41, 5.74) is 2.12. The molecular weight excluding hydrogens is 325 g/mol. The molecule has 0 aliphatic rings. The Bertz CT molecular complexity index is 659. The number of pyridine rings is 1. The summed E-state index contributed by atoms with van der Waals surface area (Å²) in [5, 5.41) is 11.3. The zero-order chi connectivity index (χ0) is 15.2. The van der Waals surface area contributed by atoms with Crippen molar-refractivity contribution in [1.82, 2.24) is 4.98 Å². The molecule has 1 aromatic heterocycles. The molecule has 0 unspecified atom stereocenters. The van der Waals surface area contributed by atoms with E-state index < -0.39 is 5.97 Å². The van der Waals surface area contributed by atoms with Gasteiger partial charge in [-0.2, -0.15) is 0 Å². The van der Waals surface area contributed by atoms with Crippen LogP contribution in [-0.2, 0) is 11.2 Å². The molecule has 1 aromatic carbocycles. The quantitative estimate of drug-likeness (QED) is 0.481. The molecule has 4 nitrogen and oxygen atoms in total. The van der Waals surface area contributed by atoms with Crippen molar-refractivity contribution in [2.75, 3.05) is 5.75 Å². The van der Waals surface area contributed by atoms with Gasteiger partial charge < -0.3 is 9.90 Å². The second kappa shape index (κ2) is 9.59. The van der Waals surface area contributed by atoms with Crippen molar-refractivity contribution in [1.29, 1.82) is 0 Å². The van der Waals surface area contributed by atoms with Gasteiger partial charge in [-0.25, -0.2) is 4.98 Å². The van der Waals surface area contributed by atoms with Crippen molar-refractivity contribution < 1.29 is 66.1 Å². The molecule has 2 aromatic rings. The van der Waals surface area contributed by atoms with Crippen molar-refractivity contribution in [3.63, 3.8) is 0 Å². The van der Waals surface area contributed by atoms with Crippen LogP contribution in [0, 0.1) is 6.92 Å². The van der Waals surface area contributed by atoms with E-state index in [2.05, 4.69) is 4.98 Å². The van der Waals surface area contributed by atoms with Crippen LogP contribution in [0.15, 0.2) is 47.6 Å². The van der Waals surface area contributed by atoms with Gasteiger partial charge in [0.15, 0.2) is 0 Å². The van der Waals surface area contributed by atoms with E-state index in [1.54, 1.807) is 0 Å². The van der Waals surface area contributed by atoms with Gasteiger partial charge in [0.2, 0.25) is 0 Å². The van der Waals surface area contributed by atoms with Crippen LogP contribution >= 0.6 is 11.8 Å². The molecule has 0 atom stereocenters. The molecule has 22 heavy (non-hydrogen) atoms. The van der Waals surface area contributed by atoms with Gasteiger partial charge in [0.05, 0.1) is 11.7 Å². The summed E-state index contributed by atoms with van der Waals surface area (Å²) in [6, 6.07) is 10.7. The molecule has 0 amide bonds. The average molecular weight is 339 g/mol. The third kappa shape index (κ3) is 5.94. The first-order valence-electron chi connectivity index (χ1n) is 6.42. The number of hydrogen-bond donors (Lipinski definition) is 0. The average Bonchev–Trinajstić information content (AvgIpc) is 2.48. The second-order valence-corrected chi connectivity index (χ2v) is 5.60. The third-order valence-electron chi connectivity index (χ3n) is 2.88. The zero-order valence-corrected chi connectivity index (χ0v) is 16.5. The van der Waals surface area contributed by atoms with Crippen LogP contribution in [-0.4, -0.2) is 22.5 Å². The number of aromatic carboxylic acids is 1. The number of Topliss-reactive ketones (excluding diaryl/α,β-unsaturated/α-hetero) is 1. The van der Waals surface area contributed by atoms with E-state index in [-0.39, 0.29) is 68.5 Å². The van der Waals surface area contributed by atoms with Gasteiger partial charge in [-0.1, -0.05) is 41.6 Å². The van der Waals surface area contributed by atoms with Crippen LogP contribution < -0.4 is 56.5 Å². The van der Waals surface area contributed by atoms with Crippen LogP contribution in [0.3, 0.4) is 0 Å². The third-order valence-corrected chi connectivity index (χ3v) is 3.95. The molecule has 0 saturated heterocycles. The van der Waals surface area contributed by atoms with Crippen LogP contribution in [0.5, 0.6) is 0 Å². The molecule has 0 radical (unpaired) electrons. The first-order valence-corrected chi connectivity index (χ1v) is 7.41. The number of carbonyl (C=O) groups excluding carboxylic acids is 2. The normalized spacial score (nSPS) is 9.86. The van der Waals surface area contributed by atoms with Gasteiger partial charge in [0, 0.05) is 18.2 Å². The molecule has 0 bridgehead atoms. The topological polar surface area (TPSA) is 70.1 Å². The Balaban J connectivity index is 0.00000242. The summed E-state index contributed by atoms with van der Waals surface area (Å²) in [4.78, 5) is 26.9. The van der Waals surface area contributed by atoms with Gasteiger partial charge in [0.25, 0.3) is 0 Å². The van der Waals surface area contributed by atoms with Crippen LogP contribution in [0.2, 0.25) is 0 Å². The molecule has 0 aliphatic heterocycles. The summed E-state index contributed by atoms with van der Waals surface area (Å²) in [5.74, 6) is -1.07. The van der Waals surface area contributed by atoms with E-state index in [0.29, 0.717) is 11.4 Å². The number of aryl methyl sites for hydroxylation is 1. The van der Waals surface area contributed by atoms with Crippen molar-refractivity contribution in [2.24, 2.45) is 0 Å². The van der Waals surface area contributed by atoms with E-state index in [9.17, 15) is 14.7 Å². The minimum atomic E-state index is -1.28. The minimum absolute atomic E-state index is 0. The number of carbonyl (C=O) groups is 2. The fraction of sp³-hybridized carbons (Fsp3) is 0.188. The van der Waals surface area contributed by atoms with E-state index in [0.717, 1.165) is 22.9 Å². The van der Waals surface area contributed by atoms with E-state index in [4.69, 9.17) is 0 Å². The predicted molar refractivity (Wildman–Crippen MR) is 79.2 cm³/mol. The molecular formula is C16H14KNO3S. The zero-order valence-electron chi connectivity index (χ0n) is 12.5. The fourth-order valence-electron chi connectivity index (χ4n) is 1.79. The molecule has 0 spiro atoms. The van der Waals surface area contributed by atoms with E-state index >= 15 is 0 Å². The summed E-state index contributed by atoms with van der Waals surface area (Å²) in [7, 11) is 0. The Morgan fingerprint density at radius 2 is 1.86 bits per heavy atom. The molecule has 2 rings (SSSR count). The maximum Gasteiger partial charge on any atom is 1.00 e. The number of aromatic nitrogens is 1. The monoisotopic (exact) mass is 339 g/mol. The second-order valence-electron chi connectivity index (χ2n) is 4.63. The SMILES string of the molecule is Cc1ccc(CC(=O)CSc2ncccc2C(=O)[O-])cc1.[K+]. The van der Waals surface area contributed by atoms with Crippen molar-refractivity contribution >= 4 is 23.5 Å². The number of nitrogens with zero attached hydrogens (tertiary/aromatic N) is 1. The predicted octanol–water partition coefficient (Wildman–Crippen LogP) is -1.34. The summed E-state index contributed by atoms with van der Waals surface area (Å²) < 4.78 is 0. The van der Waals surface area contributed by atoms with Crippen molar-refractivity contribution in [3.05, 3.63) is 59.3 Å².